The molecule has 7 nitrogen and oxygen atoms in total. The number of carbonyl (C=O) groups excluding carboxylic acids is 2. The quantitative estimate of drug-likeness (QED) is 0.475. The Kier molecular flexibility index (Phi) is 7.73. The van der Waals surface area contributed by atoms with E-state index in [9.17, 15) is 18.0 Å². The minimum absolute atomic E-state index is 0.0872. The Balaban J connectivity index is 1.96. The number of benzene rings is 3. The van der Waals surface area contributed by atoms with E-state index in [1.807, 2.05) is 19.1 Å². The molecule has 178 valence electrons. The molecule has 1 amide bonds. The van der Waals surface area contributed by atoms with Crippen molar-refractivity contribution in [3.63, 3.8) is 0 Å². The van der Waals surface area contributed by atoms with Gasteiger partial charge in [0.2, 0.25) is 5.91 Å². The number of esters is 1. The molecule has 0 fully saturated rings. The number of nitrogens with zero attached hydrogens (tertiary/aromatic N) is 1. The zero-order valence-corrected chi connectivity index (χ0v) is 20.5. The first kappa shape index (κ1) is 25.0. The molecule has 3 aromatic rings. The van der Waals surface area contributed by atoms with E-state index in [2.05, 4.69) is 5.32 Å². The SMILES string of the molecule is CCOC(=O)c1ccc(C)c(NC(=O)CN(c2cc(C)ccc2C)S(=O)(=O)c2ccccc2)c1. The van der Waals surface area contributed by atoms with Gasteiger partial charge in [-0.3, -0.25) is 9.10 Å². The molecule has 8 heteroatoms. The highest BCUT2D eigenvalue weighted by molar-refractivity contribution is 7.92. The molecule has 3 rings (SSSR count). The fourth-order valence-corrected chi connectivity index (χ4v) is 4.92. The molecule has 0 saturated heterocycles. The van der Waals surface area contributed by atoms with Crippen LogP contribution >= 0.6 is 0 Å². The number of hydrogen-bond acceptors (Lipinski definition) is 5. The summed E-state index contributed by atoms with van der Waals surface area (Å²) in [7, 11) is -4.02. The molecule has 1 N–H and O–H groups in total. The average molecular weight is 481 g/mol. The lowest BCUT2D eigenvalue weighted by Crippen LogP contribution is -2.38. The second kappa shape index (κ2) is 10.5. The minimum Gasteiger partial charge on any atom is -0.462 e. The third-order valence-electron chi connectivity index (χ3n) is 5.27. The van der Waals surface area contributed by atoms with Crippen molar-refractivity contribution >= 4 is 33.3 Å². The van der Waals surface area contributed by atoms with Crippen LogP contribution in [-0.2, 0) is 19.6 Å². The Morgan fingerprint density at radius 1 is 0.912 bits per heavy atom. The summed E-state index contributed by atoms with van der Waals surface area (Å²) in [5.74, 6) is -1.04. The topological polar surface area (TPSA) is 92.8 Å². The van der Waals surface area contributed by atoms with Gasteiger partial charge in [0, 0.05) is 5.69 Å². The van der Waals surface area contributed by atoms with Crippen molar-refractivity contribution in [2.75, 3.05) is 22.8 Å². The van der Waals surface area contributed by atoms with Crippen molar-refractivity contribution in [1.82, 2.24) is 0 Å². The summed E-state index contributed by atoms with van der Waals surface area (Å²) < 4.78 is 33.2. The fourth-order valence-electron chi connectivity index (χ4n) is 3.43. The van der Waals surface area contributed by atoms with Crippen LogP contribution in [0.2, 0.25) is 0 Å². The van der Waals surface area contributed by atoms with E-state index in [-0.39, 0.29) is 11.5 Å². The van der Waals surface area contributed by atoms with E-state index in [1.54, 1.807) is 57.2 Å². The van der Waals surface area contributed by atoms with E-state index in [0.29, 0.717) is 16.9 Å². The molecular weight excluding hydrogens is 452 g/mol. The molecule has 34 heavy (non-hydrogen) atoms. The number of anilines is 2. The van der Waals surface area contributed by atoms with Gasteiger partial charge in [0.15, 0.2) is 0 Å². The Morgan fingerprint density at radius 2 is 1.59 bits per heavy atom. The highest BCUT2D eigenvalue weighted by Crippen LogP contribution is 2.28. The fraction of sp³-hybridized carbons (Fsp3) is 0.231. The number of ether oxygens (including phenoxy) is 1. The molecule has 0 aromatic heterocycles. The summed E-state index contributed by atoms with van der Waals surface area (Å²) >= 11 is 0. The largest absolute Gasteiger partial charge is 0.462 e. The number of carbonyl (C=O) groups is 2. The highest BCUT2D eigenvalue weighted by atomic mass is 32.2. The van der Waals surface area contributed by atoms with Crippen molar-refractivity contribution < 1.29 is 22.7 Å². The third-order valence-corrected chi connectivity index (χ3v) is 7.05. The number of aryl methyl sites for hydroxylation is 3. The molecule has 0 saturated carbocycles. The minimum atomic E-state index is -4.02. The van der Waals surface area contributed by atoms with Crippen LogP contribution in [0, 0.1) is 20.8 Å². The summed E-state index contributed by atoms with van der Waals surface area (Å²) in [6.07, 6.45) is 0. The van der Waals surface area contributed by atoms with Crippen LogP contribution in [0.4, 0.5) is 11.4 Å². The maximum absolute atomic E-state index is 13.6. The summed E-state index contributed by atoms with van der Waals surface area (Å²) in [6.45, 7) is 6.95. The van der Waals surface area contributed by atoms with Crippen molar-refractivity contribution in [3.8, 4) is 0 Å². The summed E-state index contributed by atoms with van der Waals surface area (Å²) in [6, 6.07) is 18.3. The van der Waals surface area contributed by atoms with Gasteiger partial charge in [-0.2, -0.15) is 0 Å². The first-order valence-corrected chi connectivity index (χ1v) is 12.3. The molecule has 0 heterocycles. The van der Waals surface area contributed by atoms with Gasteiger partial charge >= 0.3 is 5.97 Å². The lowest BCUT2D eigenvalue weighted by Gasteiger charge is -2.26. The van der Waals surface area contributed by atoms with E-state index >= 15 is 0 Å². The molecule has 0 aliphatic rings. The molecule has 3 aromatic carbocycles. The summed E-state index contributed by atoms with van der Waals surface area (Å²) in [4.78, 5) is 25.3. The Hall–Kier alpha value is -3.65. The normalized spacial score (nSPS) is 11.1. The molecule has 0 radical (unpaired) electrons. The van der Waals surface area contributed by atoms with Crippen LogP contribution in [0.1, 0.15) is 34.0 Å². The highest BCUT2D eigenvalue weighted by Gasteiger charge is 2.28. The van der Waals surface area contributed by atoms with E-state index in [4.69, 9.17) is 4.74 Å². The first-order valence-electron chi connectivity index (χ1n) is 10.9. The van der Waals surface area contributed by atoms with Crippen LogP contribution in [0.15, 0.2) is 71.6 Å². The molecule has 0 aliphatic heterocycles. The van der Waals surface area contributed by atoms with Crippen LogP contribution in [0.5, 0.6) is 0 Å². The monoisotopic (exact) mass is 480 g/mol. The molecule has 0 unspecified atom stereocenters. The van der Waals surface area contributed by atoms with Crippen molar-refractivity contribution in [2.45, 2.75) is 32.6 Å². The average Bonchev–Trinajstić information content (AvgIpc) is 2.81. The predicted octanol–water partition coefficient (Wildman–Crippen LogP) is 4.62. The van der Waals surface area contributed by atoms with Gasteiger partial charge in [0.1, 0.15) is 6.54 Å². The lowest BCUT2D eigenvalue weighted by molar-refractivity contribution is -0.114. The Bertz CT molecular complexity index is 1300. The first-order chi connectivity index (χ1) is 16.1. The molecule has 0 spiro atoms. The third kappa shape index (κ3) is 5.63. The zero-order valence-electron chi connectivity index (χ0n) is 19.7. The second-order valence-corrected chi connectivity index (χ2v) is 9.78. The Labute approximate surface area is 200 Å². The van der Waals surface area contributed by atoms with E-state index in [0.717, 1.165) is 21.0 Å². The number of nitrogens with one attached hydrogen (secondary N) is 1. The van der Waals surface area contributed by atoms with Gasteiger partial charge in [0.05, 0.1) is 22.8 Å². The molecular formula is C26H28N2O5S. The predicted molar refractivity (Wildman–Crippen MR) is 133 cm³/mol. The number of rotatable bonds is 8. The molecule has 0 bridgehead atoms. The van der Waals surface area contributed by atoms with Gasteiger partial charge in [-0.25, -0.2) is 13.2 Å². The van der Waals surface area contributed by atoms with Crippen molar-refractivity contribution in [1.29, 1.82) is 0 Å². The standard InChI is InChI=1S/C26H28N2O5S/c1-5-33-26(30)21-14-13-19(3)23(16-21)27-25(29)17-28(24-15-18(2)11-12-20(24)4)34(31,32)22-9-7-6-8-10-22/h6-16H,5,17H2,1-4H3,(H,27,29). The number of hydrogen-bond donors (Lipinski definition) is 1. The number of sulfonamides is 1. The van der Waals surface area contributed by atoms with Gasteiger partial charge < -0.3 is 10.1 Å². The lowest BCUT2D eigenvalue weighted by atomic mass is 10.1. The van der Waals surface area contributed by atoms with Crippen molar-refractivity contribution in [3.05, 3.63) is 89.0 Å². The van der Waals surface area contributed by atoms with Crippen molar-refractivity contribution in [2.24, 2.45) is 0 Å². The van der Waals surface area contributed by atoms with Crippen LogP contribution < -0.4 is 9.62 Å². The summed E-state index contributed by atoms with van der Waals surface area (Å²) in [5.41, 5.74) is 3.45. The van der Waals surface area contributed by atoms with E-state index < -0.39 is 28.4 Å². The van der Waals surface area contributed by atoms with Gasteiger partial charge in [-0.15, -0.1) is 0 Å². The van der Waals surface area contributed by atoms with E-state index in [1.165, 1.54) is 18.2 Å². The zero-order chi connectivity index (χ0) is 24.9. The van der Waals surface area contributed by atoms with Gasteiger partial charge in [-0.1, -0.05) is 36.4 Å². The Morgan fingerprint density at radius 3 is 2.26 bits per heavy atom. The number of amides is 1. The molecule has 0 aliphatic carbocycles. The smallest absolute Gasteiger partial charge is 0.338 e. The maximum atomic E-state index is 13.6. The summed E-state index contributed by atoms with van der Waals surface area (Å²) in [5, 5.41) is 2.75. The second-order valence-electron chi connectivity index (χ2n) is 7.91. The van der Waals surface area contributed by atoms with Gasteiger partial charge in [0.25, 0.3) is 10.0 Å². The molecule has 0 atom stereocenters. The van der Waals surface area contributed by atoms with Gasteiger partial charge in [-0.05, 0) is 74.7 Å². The maximum Gasteiger partial charge on any atom is 0.338 e. The van der Waals surface area contributed by atoms with Crippen LogP contribution in [-0.4, -0.2) is 33.4 Å². The van der Waals surface area contributed by atoms with Crippen LogP contribution in [0.3, 0.4) is 0 Å². The van der Waals surface area contributed by atoms with Crippen LogP contribution in [0.25, 0.3) is 0 Å².